The van der Waals surface area contributed by atoms with Crippen LogP contribution >= 0.6 is 11.6 Å². The van der Waals surface area contributed by atoms with Gasteiger partial charge in [-0.1, -0.05) is 23.7 Å². The maximum absolute atomic E-state index is 12.9. The molecule has 0 aliphatic rings. The van der Waals surface area contributed by atoms with Crippen molar-refractivity contribution in [3.05, 3.63) is 59.1 Å². The smallest absolute Gasteiger partial charge is 0.336 e. The number of ether oxygens (including phenoxy) is 2. The summed E-state index contributed by atoms with van der Waals surface area (Å²) in [5.74, 6) is 0.711. The molecule has 0 radical (unpaired) electrons. The Morgan fingerprint density at radius 1 is 1.20 bits per heavy atom. The van der Waals surface area contributed by atoms with Gasteiger partial charge in [-0.15, -0.1) is 5.10 Å². The summed E-state index contributed by atoms with van der Waals surface area (Å²) in [5.41, 5.74) is 1.13. The molecule has 0 aliphatic heterocycles. The Labute approximate surface area is 150 Å². The Kier molecular flexibility index (Phi) is 5.00. The summed E-state index contributed by atoms with van der Waals surface area (Å²) >= 11 is 6.06. The van der Waals surface area contributed by atoms with Crippen molar-refractivity contribution >= 4 is 17.5 Å². The number of hydrogen-bond donors (Lipinski definition) is 0. The van der Waals surface area contributed by atoms with E-state index in [9.17, 15) is 4.79 Å². The molecule has 0 saturated heterocycles. The lowest BCUT2D eigenvalue weighted by Crippen LogP contribution is -2.15. The highest BCUT2D eigenvalue weighted by Gasteiger charge is 2.20. The number of benzene rings is 2. The maximum atomic E-state index is 12.9. The number of carbonyl (C=O) groups is 1. The molecule has 3 rings (SSSR count). The number of aromatic nitrogens is 3. The summed E-state index contributed by atoms with van der Waals surface area (Å²) in [4.78, 5) is 17.2. The van der Waals surface area contributed by atoms with Crippen molar-refractivity contribution in [1.82, 2.24) is 14.8 Å². The molecule has 0 saturated carbocycles. The van der Waals surface area contributed by atoms with E-state index >= 15 is 0 Å². The third-order valence-electron chi connectivity index (χ3n) is 3.47. The maximum Gasteiger partial charge on any atom is 0.336 e. The molecule has 3 aromatic rings. The van der Waals surface area contributed by atoms with Crippen LogP contribution in [0, 0.1) is 0 Å². The molecule has 2 aromatic carbocycles. The van der Waals surface area contributed by atoms with Gasteiger partial charge in [-0.05, 0) is 43.3 Å². The lowest BCUT2D eigenvalue weighted by atomic mass is 10.2. The fourth-order valence-corrected chi connectivity index (χ4v) is 2.49. The summed E-state index contributed by atoms with van der Waals surface area (Å²) in [6.07, 6.45) is 0. The van der Waals surface area contributed by atoms with E-state index in [4.69, 9.17) is 21.1 Å². The second-order valence-corrected chi connectivity index (χ2v) is 5.54. The van der Waals surface area contributed by atoms with E-state index in [1.807, 2.05) is 13.0 Å². The molecule has 0 spiro atoms. The van der Waals surface area contributed by atoms with Crippen molar-refractivity contribution in [2.24, 2.45) is 0 Å². The van der Waals surface area contributed by atoms with Crippen LogP contribution in [0.2, 0.25) is 5.02 Å². The number of hydrogen-bond acceptors (Lipinski definition) is 5. The Hall–Kier alpha value is -2.86. The Balaban J connectivity index is 2.05. The molecule has 0 amide bonds. The first-order chi connectivity index (χ1) is 12.1. The number of carbonyl (C=O) groups excluding carboxylic acids is 1. The SMILES string of the molecule is CCOc1nc(-c2cccc(Cl)c2)n(C(=O)c2ccc(OC)cc2)n1. The van der Waals surface area contributed by atoms with Crippen molar-refractivity contribution in [3.8, 4) is 23.1 Å². The first kappa shape index (κ1) is 17.0. The summed E-state index contributed by atoms with van der Waals surface area (Å²) < 4.78 is 11.7. The average molecular weight is 358 g/mol. The molecular formula is C18H16ClN3O3. The zero-order valence-corrected chi connectivity index (χ0v) is 14.5. The summed E-state index contributed by atoms with van der Waals surface area (Å²) in [5, 5.41) is 4.73. The van der Waals surface area contributed by atoms with Crippen LogP contribution in [-0.2, 0) is 0 Å². The van der Waals surface area contributed by atoms with Crippen molar-refractivity contribution in [2.45, 2.75) is 6.92 Å². The zero-order chi connectivity index (χ0) is 17.8. The standard InChI is InChI=1S/C18H16ClN3O3/c1-3-25-18-20-16(13-5-4-6-14(19)11-13)22(21-18)17(23)12-7-9-15(24-2)10-8-12/h4-11H,3H2,1-2H3. The summed E-state index contributed by atoms with van der Waals surface area (Å²) in [7, 11) is 1.57. The van der Waals surface area contributed by atoms with Crippen LogP contribution in [0.15, 0.2) is 48.5 Å². The highest BCUT2D eigenvalue weighted by atomic mass is 35.5. The van der Waals surface area contributed by atoms with E-state index in [1.165, 1.54) is 4.68 Å². The average Bonchev–Trinajstić information content (AvgIpc) is 3.05. The van der Waals surface area contributed by atoms with Crippen LogP contribution in [0.3, 0.4) is 0 Å². The van der Waals surface area contributed by atoms with Crippen molar-refractivity contribution < 1.29 is 14.3 Å². The predicted molar refractivity (Wildman–Crippen MR) is 94.4 cm³/mol. The van der Waals surface area contributed by atoms with Gasteiger partial charge in [0.2, 0.25) is 0 Å². The molecular weight excluding hydrogens is 342 g/mol. The lowest BCUT2D eigenvalue weighted by molar-refractivity contribution is 0.0945. The van der Waals surface area contributed by atoms with E-state index in [0.29, 0.717) is 34.3 Å². The highest BCUT2D eigenvalue weighted by Crippen LogP contribution is 2.24. The van der Waals surface area contributed by atoms with Gasteiger partial charge >= 0.3 is 6.01 Å². The van der Waals surface area contributed by atoms with Crippen LogP contribution in [0.5, 0.6) is 11.8 Å². The van der Waals surface area contributed by atoms with Gasteiger partial charge in [-0.3, -0.25) is 4.79 Å². The molecule has 1 aromatic heterocycles. The monoisotopic (exact) mass is 357 g/mol. The van der Waals surface area contributed by atoms with Crippen LogP contribution in [0.4, 0.5) is 0 Å². The van der Waals surface area contributed by atoms with Gasteiger partial charge in [-0.2, -0.15) is 9.67 Å². The third-order valence-corrected chi connectivity index (χ3v) is 3.71. The first-order valence-electron chi connectivity index (χ1n) is 7.67. The minimum atomic E-state index is -0.323. The molecule has 25 heavy (non-hydrogen) atoms. The predicted octanol–water partition coefficient (Wildman–Crippen LogP) is 3.69. The summed E-state index contributed by atoms with van der Waals surface area (Å²) in [6, 6.07) is 14.0. The quantitative estimate of drug-likeness (QED) is 0.696. The van der Waals surface area contributed by atoms with Crippen molar-refractivity contribution in [3.63, 3.8) is 0 Å². The van der Waals surface area contributed by atoms with Gasteiger partial charge in [0.05, 0.1) is 13.7 Å². The Morgan fingerprint density at radius 3 is 2.60 bits per heavy atom. The van der Waals surface area contributed by atoms with Crippen LogP contribution in [0.25, 0.3) is 11.4 Å². The molecule has 0 atom stereocenters. The second kappa shape index (κ2) is 7.36. The first-order valence-corrected chi connectivity index (χ1v) is 8.04. The molecule has 6 nitrogen and oxygen atoms in total. The molecule has 0 unspecified atom stereocenters. The van der Waals surface area contributed by atoms with Crippen LogP contribution in [0.1, 0.15) is 17.3 Å². The van der Waals surface area contributed by atoms with Crippen molar-refractivity contribution in [2.75, 3.05) is 13.7 Å². The van der Waals surface area contributed by atoms with Gasteiger partial charge in [0.1, 0.15) is 5.75 Å². The summed E-state index contributed by atoms with van der Waals surface area (Å²) in [6.45, 7) is 2.22. The number of methoxy groups -OCH3 is 1. The molecule has 7 heteroatoms. The molecule has 0 bridgehead atoms. The number of nitrogens with zero attached hydrogens (tertiary/aromatic N) is 3. The van der Waals surface area contributed by atoms with E-state index < -0.39 is 0 Å². The van der Waals surface area contributed by atoms with Gasteiger partial charge < -0.3 is 9.47 Å². The Bertz CT molecular complexity index is 891. The topological polar surface area (TPSA) is 66.2 Å². The molecule has 128 valence electrons. The second-order valence-electron chi connectivity index (χ2n) is 5.11. The minimum absolute atomic E-state index is 0.138. The third kappa shape index (κ3) is 3.64. The Morgan fingerprint density at radius 2 is 1.96 bits per heavy atom. The fraction of sp³-hybridized carbons (Fsp3) is 0.167. The van der Waals surface area contributed by atoms with Gasteiger partial charge in [0.25, 0.3) is 5.91 Å². The van der Waals surface area contributed by atoms with Crippen molar-refractivity contribution in [1.29, 1.82) is 0 Å². The number of rotatable bonds is 5. The number of halogens is 1. The van der Waals surface area contributed by atoms with E-state index in [1.54, 1.807) is 49.6 Å². The highest BCUT2D eigenvalue weighted by molar-refractivity contribution is 6.30. The minimum Gasteiger partial charge on any atom is -0.497 e. The van der Waals surface area contributed by atoms with Crippen LogP contribution < -0.4 is 9.47 Å². The van der Waals surface area contributed by atoms with Gasteiger partial charge in [0, 0.05) is 16.1 Å². The fourth-order valence-electron chi connectivity index (χ4n) is 2.30. The van der Waals surface area contributed by atoms with Gasteiger partial charge in [-0.25, -0.2) is 0 Å². The molecule has 0 fully saturated rings. The largest absolute Gasteiger partial charge is 0.497 e. The van der Waals surface area contributed by atoms with E-state index in [2.05, 4.69) is 10.1 Å². The molecule has 0 N–H and O–H groups in total. The van der Waals surface area contributed by atoms with Crippen LogP contribution in [-0.4, -0.2) is 34.4 Å². The normalized spacial score (nSPS) is 10.5. The molecule has 0 aliphatic carbocycles. The van der Waals surface area contributed by atoms with E-state index in [-0.39, 0.29) is 11.9 Å². The molecule has 1 heterocycles. The zero-order valence-electron chi connectivity index (χ0n) is 13.8. The van der Waals surface area contributed by atoms with Gasteiger partial charge in [0.15, 0.2) is 5.82 Å². The lowest BCUT2D eigenvalue weighted by Gasteiger charge is -2.06. The van der Waals surface area contributed by atoms with E-state index in [0.717, 1.165) is 0 Å².